The molecule has 5 rings (SSSR count). The summed E-state index contributed by atoms with van der Waals surface area (Å²) in [6.07, 6.45) is 1.64. The average molecular weight is 501 g/mol. The second-order valence-electron chi connectivity index (χ2n) is 8.08. The van der Waals surface area contributed by atoms with E-state index >= 15 is 0 Å². The van der Waals surface area contributed by atoms with Gasteiger partial charge in [0.25, 0.3) is 0 Å². The van der Waals surface area contributed by atoms with Gasteiger partial charge < -0.3 is 20.1 Å². The van der Waals surface area contributed by atoms with Crippen molar-refractivity contribution < 1.29 is 31.8 Å². The number of hydrogen-bond donors (Lipinski definition) is 3. The molecular weight excluding hydrogens is 474 g/mol. The summed E-state index contributed by atoms with van der Waals surface area (Å²) in [6.45, 7) is 5.20. The molecule has 192 valence electrons. The Labute approximate surface area is 198 Å². The summed E-state index contributed by atoms with van der Waals surface area (Å²) in [7, 11) is 0. The van der Waals surface area contributed by atoms with Crippen LogP contribution < -0.4 is 10.6 Å². The largest absolute Gasteiger partial charge is 0.450 e. The van der Waals surface area contributed by atoms with Gasteiger partial charge in [-0.3, -0.25) is 9.50 Å². The predicted octanol–water partition coefficient (Wildman–Crippen LogP) is 4.24. The van der Waals surface area contributed by atoms with Crippen molar-refractivity contribution in [2.75, 3.05) is 25.1 Å². The Morgan fingerprint density at radius 2 is 2.14 bits per heavy atom. The Kier molecular flexibility index (Phi) is 8.48. The lowest BCUT2D eigenvalue weighted by Crippen LogP contribution is -2.34. The van der Waals surface area contributed by atoms with E-state index in [2.05, 4.69) is 35.5 Å². The van der Waals surface area contributed by atoms with Crippen LogP contribution in [-0.4, -0.2) is 62.2 Å². The van der Waals surface area contributed by atoms with Gasteiger partial charge in [-0.2, -0.15) is 18.3 Å². The first-order valence-corrected chi connectivity index (χ1v) is 10.9. The predicted molar refractivity (Wildman–Crippen MR) is 118 cm³/mol. The highest BCUT2D eigenvalue weighted by molar-refractivity contribution is 5.68. The lowest BCUT2D eigenvalue weighted by atomic mass is 10.3. The summed E-state index contributed by atoms with van der Waals surface area (Å²) in [6, 6.07) is 2.46. The average Bonchev–Trinajstić information content (AvgIpc) is 3.28. The number of anilines is 2. The number of aromatic amines is 1. The van der Waals surface area contributed by atoms with Gasteiger partial charge >= 0.3 is 12.3 Å². The zero-order valence-corrected chi connectivity index (χ0v) is 19.2. The van der Waals surface area contributed by atoms with Gasteiger partial charge in [-0.05, 0) is 26.7 Å². The van der Waals surface area contributed by atoms with Crippen LogP contribution in [0.4, 0.5) is 34.1 Å². The number of hydrogen-bond acceptors (Lipinski definition) is 7. The summed E-state index contributed by atoms with van der Waals surface area (Å²) in [4.78, 5) is 18.2. The van der Waals surface area contributed by atoms with E-state index in [4.69, 9.17) is 4.74 Å². The molecule has 14 heteroatoms. The van der Waals surface area contributed by atoms with Gasteiger partial charge in [-0.15, -0.1) is 0 Å². The summed E-state index contributed by atoms with van der Waals surface area (Å²) < 4.78 is 60.8. The number of rotatable bonds is 4. The number of halogens is 4. The van der Waals surface area contributed by atoms with Crippen molar-refractivity contribution in [1.82, 2.24) is 29.9 Å². The number of alkyl carbamates (subject to hydrolysis) is 1. The molecule has 3 aromatic heterocycles. The molecule has 0 radical (unpaired) electrons. The quantitative estimate of drug-likeness (QED) is 0.458. The number of amides is 1. The summed E-state index contributed by atoms with van der Waals surface area (Å²) >= 11 is 0. The van der Waals surface area contributed by atoms with Crippen LogP contribution in [0.25, 0.3) is 5.65 Å². The van der Waals surface area contributed by atoms with Crippen LogP contribution >= 0.6 is 0 Å². The van der Waals surface area contributed by atoms with Crippen LogP contribution in [0.2, 0.25) is 0 Å². The molecule has 0 bridgehead atoms. The van der Waals surface area contributed by atoms with Crippen LogP contribution in [0.5, 0.6) is 0 Å². The first-order valence-electron chi connectivity index (χ1n) is 10.9. The van der Waals surface area contributed by atoms with Crippen molar-refractivity contribution in [2.24, 2.45) is 0 Å². The van der Waals surface area contributed by atoms with E-state index < -0.39 is 18.0 Å². The Balaban J connectivity index is 0.000000178. The van der Waals surface area contributed by atoms with Crippen LogP contribution in [0.15, 0.2) is 30.7 Å². The van der Waals surface area contributed by atoms with Crippen molar-refractivity contribution in [2.45, 2.75) is 51.0 Å². The Morgan fingerprint density at radius 1 is 1.37 bits per heavy atom. The second-order valence-corrected chi connectivity index (χ2v) is 8.08. The van der Waals surface area contributed by atoms with Gasteiger partial charge in [0.1, 0.15) is 17.6 Å². The minimum atomic E-state index is -4.53. The number of carbonyl (C=O) groups excluding carboxylic acids is 1. The van der Waals surface area contributed by atoms with Crippen molar-refractivity contribution in [3.63, 3.8) is 0 Å². The highest BCUT2D eigenvalue weighted by atomic mass is 19.4. The van der Waals surface area contributed by atoms with Crippen molar-refractivity contribution in [3.05, 3.63) is 36.4 Å². The van der Waals surface area contributed by atoms with E-state index in [0.717, 1.165) is 18.9 Å². The normalized spacial score (nSPS) is 18.1. The van der Waals surface area contributed by atoms with Gasteiger partial charge in [0.05, 0.1) is 19.4 Å². The standard InChI is InChI=1S/C10H7F3N6.C7H13NO2.C4H7FO/c11-10(12,13)6-5-8-14-3-4-19(8)9(16-6)17-7-1-2-15-18-7;1-3-10-6(9)8-7(2)4-5-7;5-4-1-2-6-3-4/h1-5H,(H2,15,16,17,18);3-5H2,1-2H3,(H,8,9);4H,1-3H2. The Morgan fingerprint density at radius 3 is 2.66 bits per heavy atom. The Hall–Kier alpha value is -3.42. The summed E-state index contributed by atoms with van der Waals surface area (Å²) in [5, 5.41) is 11.8. The van der Waals surface area contributed by atoms with Crippen LogP contribution in [0.1, 0.15) is 38.8 Å². The van der Waals surface area contributed by atoms with Gasteiger partial charge in [0, 0.05) is 43.1 Å². The first kappa shape index (κ1) is 26.2. The number of nitrogens with one attached hydrogen (secondary N) is 3. The number of nitrogens with zero attached hydrogens (tertiary/aromatic N) is 4. The molecule has 10 nitrogen and oxygen atoms in total. The molecule has 3 aromatic rings. The molecule has 1 aliphatic carbocycles. The van der Waals surface area contributed by atoms with E-state index in [0.29, 0.717) is 32.1 Å². The third-order valence-electron chi connectivity index (χ3n) is 4.98. The third-order valence-corrected chi connectivity index (χ3v) is 4.98. The zero-order valence-electron chi connectivity index (χ0n) is 19.2. The Bertz CT molecular complexity index is 1080. The molecule has 4 heterocycles. The molecule has 3 N–H and O–H groups in total. The molecule has 2 aliphatic rings. The molecule has 2 fully saturated rings. The molecule has 1 saturated heterocycles. The van der Waals surface area contributed by atoms with E-state index in [1.54, 1.807) is 13.0 Å². The lowest BCUT2D eigenvalue weighted by molar-refractivity contribution is -0.141. The molecule has 35 heavy (non-hydrogen) atoms. The van der Waals surface area contributed by atoms with Gasteiger partial charge in [-0.1, -0.05) is 0 Å². The fraction of sp³-hybridized carbons (Fsp3) is 0.524. The molecule has 1 aliphatic heterocycles. The topological polar surface area (TPSA) is 118 Å². The molecule has 1 saturated carbocycles. The second kappa shape index (κ2) is 11.3. The maximum atomic E-state index is 12.7. The van der Waals surface area contributed by atoms with Crippen molar-refractivity contribution in [3.8, 4) is 0 Å². The van der Waals surface area contributed by atoms with E-state index in [-0.39, 0.29) is 23.2 Å². The lowest BCUT2D eigenvalue weighted by Gasteiger charge is -2.10. The highest BCUT2D eigenvalue weighted by Gasteiger charge is 2.39. The van der Waals surface area contributed by atoms with Crippen LogP contribution in [0.3, 0.4) is 0 Å². The van der Waals surface area contributed by atoms with E-state index in [1.807, 2.05) is 6.92 Å². The first-order chi connectivity index (χ1) is 16.6. The zero-order chi connectivity index (χ0) is 25.5. The maximum absolute atomic E-state index is 12.7. The van der Waals surface area contributed by atoms with E-state index in [9.17, 15) is 22.4 Å². The fourth-order valence-electron chi connectivity index (χ4n) is 2.83. The van der Waals surface area contributed by atoms with Gasteiger partial charge in [0.2, 0.25) is 5.95 Å². The van der Waals surface area contributed by atoms with Gasteiger partial charge in [0.15, 0.2) is 5.69 Å². The smallest absolute Gasteiger partial charge is 0.433 e. The SMILES string of the molecule is CCOC(=O)NC1(C)CC1.FC(F)(F)c1cc2nccn2c(Nc2ccn[nH]2)n1.FC1CCOC1. The minimum absolute atomic E-state index is 0.00609. The molecule has 0 aromatic carbocycles. The van der Waals surface area contributed by atoms with Gasteiger partial charge in [-0.25, -0.2) is 19.2 Å². The molecule has 0 spiro atoms. The van der Waals surface area contributed by atoms with Crippen LogP contribution in [0, 0.1) is 0 Å². The highest BCUT2D eigenvalue weighted by Crippen LogP contribution is 2.34. The maximum Gasteiger partial charge on any atom is 0.433 e. The number of carbonyl (C=O) groups is 1. The molecular formula is C21H27F4N7O3. The minimum Gasteiger partial charge on any atom is -0.450 e. The molecule has 1 atom stereocenters. The van der Waals surface area contributed by atoms with Crippen molar-refractivity contribution in [1.29, 1.82) is 0 Å². The third kappa shape index (κ3) is 8.09. The van der Waals surface area contributed by atoms with Crippen molar-refractivity contribution >= 4 is 23.5 Å². The fourth-order valence-corrected chi connectivity index (χ4v) is 2.83. The molecule has 1 unspecified atom stereocenters. The monoisotopic (exact) mass is 501 g/mol. The number of fused-ring (bicyclic) bond motifs is 1. The number of alkyl halides is 4. The summed E-state index contributed by atoms with van der Waals surface area (Å²) in [5.41, 5.74) is -0.802. The molecule has 1 amide bonds. The van der Waals surface area contributed by atoms with E-state index in [1.165, 1.54) is 23.0 Å². The number of ether oxygens (including phenoxy) is 2. The van der Waals surface area contributed by atoms with Crippen LogP contribution in [-0.2, 0) is 15.7 Å². The number of H-pyrrole nitrogens is 1. The summed E-state index contributed by atoms with van der Waals surface area (Å²) in [5.74, 6) is 0.438. The number of aromatic nitrogens is 5. The number of imidazole rings is 1.